The second kappa shape index (κ2) is 10.3. The molecule has 2 aliphatic heterocycles. The van der Waals surface area contributed by atoms with Crippen LogP contribution in [-0.4, -0.2) is 77.5 Å². The molecule has 1 saturated carbocycles. The highest BCUT2D eigenvalue weighted by Gasteiger charge is 2.44. The third-order valence-electron chi connectivity index (χ3n) is 8.59. The number of amides is 1. The summed E-state index contributed by atoms with van der Waals surface area (Å²) in [5.74, 6) is -2.19. The molecule has 0 spiro atoms. The number of aromatic nitrogens is 2. The lowest BCUT2D eigenvalue weighted by molar-refractivity contribution is -0.139. The van der Waals surface area contributed by atoms with Crippen molar-refractivity contribution in [1.29, 1.82) is 0 Å². The number of hydrogen-bond acceptors (Lipinski definition) is 7. The Balaban J connectivity index is 1.29. The molecule has 1 saturated heterocycles. The van der Waals surface area contributed by atoms with E-state index in [2.05, 4.69) is 28.6 Å². The summed E-state index contributed by atoms with van der Waals surface area (Å²) in [6, 6.07) is 7.59. The van der Waals surface area contributed by atoms with Gasteiger partial charge in [-0.2, -0.15) is 0 Å². The maximum absolute atomic E-state index is 13.8. The average molecular weight is 556 g/mol. The molecule has 8 nitrogen and oxygen atoms in total. The van der Waals surface area contributed by atoms with Crippen LogP contribution in [0, 0.1) is 0 Å². The highest BCUT2D eigenvalue weighted by molar-refractivity contribution is 5.93. The van der Waals surface area contributed by atoms with Crippen molar-refractivity contribution in [3.8, 4) is 0 Å². The van der Waals surface area contributed by atoms with Gasteiger partial charge in [-0.1, -0.05) is 19.9 Å². The van der Waals surface area contributed by atoms with Crippen molar-refractivity contribution in [2.24, 2.45) is 0 Å². The smallest absolute Gasteiger partial charge is 0.310 e. The van der Waals surface area contributed by atoms with Crippen molar-refractivity contribution < 1.29 is 23.1 Å². The van der Waals surface area contributed by atoms with E-state index in [-0.39, 0.29) is 42.6 Å². The lowest BCUT2D eigenvalue weighted by Crippen LogP contribution is -2.61. The SMILES string of the molecule is COC(=O)Cc1ccc(N2CCN(C(=O)c3ccc4c(n3)C(C)(C)CN4C3CCC(F)(F)CC3)C(C)(C)C2)nc1. The summed E-state index contributed by atoms with van der Waals surface area (Å²) in [7, 11) is 1.37. The van der Waals surface area contributed by atoms with Crippen molar-refractivity contribution in [2.75, 3.05) is 43.1 Å². The van der Waals surface area contributed by atoms with Crippen LogP contribution in [0.25, 0.3) is 0 Å². The normalized spacial score (nSPS) is 21.7. The standard InChI is InChI=1S/C30H39F2N5O3/c1-28(2)18-36(21-10-12-30(31,32)13-11-21)23-8-7-22(34-26(23)28)27(39)37-15-14-35(19-29(37,3)4)24-9-6-20(17-33-24)16-25(38)40-5/h6-9,17,21H,10-16,18-19H2,1-5H3. The molecule has 4 heterocycles. The number of methoxy groups -OCH3 is 1. The molecule has 0 aromatic carbocycles. The van der Waals surface area contributed by atoms with Crippen LogP contribution in [0.2, 0.25) is 0 Å². The fourth-order valence-electron chi connectivity index (χ4n) is 6.36. The molecule has 2 aromatic rings. The molecule has 0 bridgehead atoms. The number of pyridine rings is 2. The maximum atomic E-state index is 13.8. The first-order valence-electron chi connectivity index (χ1n) is 14.0. The number of esters is 1. The minimum absolute atomic E-state index is 0.0682. The van der Waals surface area contributed by atoms with Crippen LogP contribution in [0.3, 0.4) is 0 Å². The lowest BCUT2D eigenvalue weighted by atomic mass is 9.89. The third kappa shape index (κ3) is 5.49. The largest absolute Gasteiger partial charge is 0.469 e. The van der Waals surface area contributed by atoms with E-state index in [0.717, 1.165) is 22.8 Å². The van der Waals surface area contributed by atoms with Crippen LogP contribution in [0.1, 0.15) is 75.1 Å². The summed E-state index contributed by atoms with van der Waals surface area (Å²) in [5, 5.41) is 0. The summed E-state index contributed by atoms with van der Waals surface area (Å²) >= 11 is 0. The van der Waals surface area contributed by atoms with E-state index in [9.17, 15) is 18.4 Å². The van der Waals surface area contributed by atoms with Gasteiger partial charge in [-0.3, -0.25) is 9.59 Å². The highest BCUT2D eigenvalue weighted by atomic mass is 19.3. The van der Waals surface area contributed by atoms with Gasteiger partial charge in [0, 0.05) is 56.7 Å². The number of nitrogens with zero attached hydrogens (tertiary/aromatic N) is 5. The lowest BCUT2D eigenvalue weighted by Gasteiger charge is -2.47. The maximum Gasteiger partial charge on any atom is 0.310 e. The second-order valence-corrected chi connectivity index (χ2v) is 12.6. The van der Waals surface area contributed by atoms with Crippen molar-refractivity contribution in [2.45, 2.75) is 82.7 Å². The van der Waals surface area contributed by atoms with Gasteiger partial charge >= 0.3 is 5.97 Å². The number of carbonyl (C=O) groups is 2. The van der Waals surface area contributed by atoms with Crippen LogP contribution in [0.4, 0.5) is 20.3 Å². The molecule has 0 radical (unpaired) electrons. The molecule has 10 heteroatoms. The molecule has 2 aromatic heterocycles. The third-order valence-corrected chi connectivity index (χ3v) is 8.59. The second-order valence-electron chi connectivity index (χ2n) is 12.6. The average Bonchev–Trinajstić information content (AvgIpc) is 3.18. The topological polar surface area (TPSA) is 78.9 Å². The first kappa shape index (κ1) is 28.2. The molecule has 1 amide bonds. The zero-order chi connectivity index (χ0) is 28.9. The summed E-state index contributed by atoms with van der Waals surface area (Å²) in [5.41, 5.74) is 2.26. The number of rotatable bonds is 5. The van der Waals surface area contributed by atoms with Gasteiger partial charge in [0.2, 0.25) is 5.92 Å². The van der Waals surface area contributed by atoms with E-state index in [0.29, 0.717) is 44.7 Å². The predicted octanol–water partition coefficient (Wildman–Crippen LogP) is 4.61. The van der Waals surface area contributed by atoms with Crippen molar-refractivity contribution >= 4 is 23.4 Å². The Morgan fingerprint density at radius 1 is 1.02 bits per heavy atom. The fourth-order valence-corrected chi connectivity index (χ4v) is 6.36. The monoisotopic (exact) mass is 555 g/mol. The number of hydrogen-bond donors (Lipinski definition) is 0. The van der Waals surface area contributed by atoms with Crippen molar-refractivity contribution in [3.63, 3.8) is 0 Å². The Bertz CT molecular complexity index is 1270. The first-order valence-corrected chi connectivity index (χ1v) is 14.0. The summed E-state index contributed by atoms with van der Waals surface area (Å²) in [6.07, 6.45) is 2.63. The van der Waals surface area contributed by atoms with Crippen molar-refractivity contribution in [1.82, 2.24) is 14.9 Å². The van der Waals surface area contributed by atoms with Gasteiger partial charge in [0.15, 0.2) is 0 Å². The fraction of sp³-hybridized carbons (Fsp3) is 0.600. The molecule has 0 unspecified atom stereocenters. The quantitative estimate of drug-likeness (QED) is 0.499. The Hall–Kier alpha value is -3.30. The Morgan fingerprint density at radius 3 is 2.38 bits per heavy atom. The van der Waals surface area contributed by atoms with Gasteiger partial charge < -0.3 is 19.4 Å². The number of alkyl halides is 2. The zero-order valence-corrected chi connectivity index (χ0v) is 24.0. The van der Waals surface area contributed by atoms with E-state index in [4.69, 9.17) is 9.72 Å². The van der Waals surface area contributed by atoms with E-state index >= 15 is 0 Å². The highest BCUT2D eigenvalue weighted by Crippen LogP contribution is 2.44. The summed E-state index contributed by atoms with van der Waals surface area (Å²) < 4.78 is 32.3. The van der Waals surface area contributed by atoms with E-state index in [1.165, 1.54) is 7.11 Å². The Kier molecular flexibility index (Phi) is 7.25. The molecule has 3 aliphatic rings. The van der Waals surface area contributed by atoms with Gasteiger partial charge in [-0.15, -0.1) is 0 Å². The van der Waals surface area contributed by atoms with Gasteiger partial charge in [0.25, 0.3) is 5.91 Å². The number of piperazine rings is 1. The van der Waals surface area contributed by atoms with E-state index < -0.39 is 11.5 Å². The molecule has 0 N–H and O–H groups in total. The predicted molar refractivity (Wildman–Crippen MR) is 149 cm³/mol. The minimum Gasteiger partial charge on any atom is -0.469 e. The van der Waals surface area contributed by atoms with Gasteiger partial charge in [0.1, 0.15) is 11.5 Å². The van der Waals surface area contributed by atoms with Crippen LogP contribution < -0.4 is 9.80 Å². The molecule has 2 fully saturated rings. The Labute approximate surface area is 234 Å². The molecule has 0 atom stereocenters. The number of halogens is 2. The zero-order valence-electron chi connectivity index (χ0n) is 24.0. The molecule has 40 heavy (non-hydrogen) atoms. The molecule has 1 aliphatic carbocycles. The number of carbonyl (C=O) groups excluding carboxylic acids is 2. The number of ether oxygens (including phenoxy) is 1. The molecule has 5 rings (SSSR count). The van der Waals surface area contributed by atoms with E-state index in [1.807, 2.05) is 36.9 Å². The van der Waals surface area contributed by atoms with Crippen LogP contribution in [0.15, 0.2) is 30.5 Å². The minimum atomic E-state index is -2.57. The van der Waals surface area contributed by atoms with E-state index in [1.54, 1.807) is 12.3 Å². The number of anilines is 2. The summed E-state index contributed by atoms with van der Waals surface area (Å²) in [4.78, 5) is 41.0. The van der Waals surface area contributed by atoms with Crippen LogP contribution in [0.5, 0.6) is 0 Å². The molecular formula is C30H39F2N5O3. The van der Waals surface area contributed by atoms with Crippen molar-refractivity contribution in [3.05, 3.63) is 47.4 Å². The number of fused-ring (bicyclic) bond motifs is 1. The molecule has 216 valence electrons. The van der Waals surface area contributed by atoms with Crippen LogP contribution >= 0.6 is 0 Å². The molecular weight excluding hydrogens is 516 g/mol. The van der Waals surface area contributed by atoms with Gasteiger partial charge in [-0.05, 0) is 50.5 Å². The first-order chi connectivity index (χ1) is 18.8. The summed E-state index contributed by atoms with van der Waals surface area (Å²) in [6.45, 7) is 10.7. The Morgan fingerprint density at radius 2 is 1.75 bits per heavy atom. The van der Waals surface area contributed by atoms with Crippen LogP contribution in [-0.2, 0) is 21.4 Å². The van der Waals surface area contributed by atoms with Gasteiger partial charge in [0.05, 0.1) is 30.5 Å². The van der Waals surface area contributed by atoms with Gasteiger partial charge in [-0.25, -0.2) is 18.7 Å².